The van der Waals surface area contributed by atoms with E-state index in [1.54, 1.807) is 0 Å². The van der Waals surface area contributed by atoms with Crippen molar-refractivity contribution in [1.82, 2.24) is 15.0 Å². The number of nitrogens with zero attached hydrogens (tertiary/aromatic N) is 5. The van der Waals surface area contributed by atoms with Crippen LogP contribution < -0.4 is 26.2 Å². The minimum atomic E-state index is -0.170. The summed E-state index contributed by atoms with van der Waals surface area (Å²) in [6, 6.07) is 81.8. The number of benzene rings is 13. The monoisotopic (exact) mass is 1010 g/mol. The Morgan fingerprint density at radius 2 is 0.709 bits per heavy atom. The van der Waals surface area contributed by atoms with Crippen LogP contribution in [0, 0.1) is 0 Å². The lowest BCUT2D eigenvalue weighted by Crippen LogP contribution is -2.61. The summed E-state index contributed by atoms with van der Waals surface area (Å²) in [7, 11) is 0. The second-order valence-corrected chi connectivity index (χ2v) is 21.9. The first-order valence-corrected chi connectivity index (χ1v) is 28.3. The van der Waals surface area contributed by atoms with E-state index in [-0.39, 0.29) is 6.71 Å². The third-order valence-corrected chi connectivity index (χ3v) is 17.3. The highest BCUT2D eigenvalue weighted by Crippen LogP contribution is 2.50. The molecule has 0 unspecified atom stereocenters. The van der Waals surface area contributed by atoms with Gasteiger partial charge in [0.25, 0.3) is 6.71 Å². The van der Waals surface area contributed by atoms with Gasteiger partial charge in [-0.25, -0.2) is 15.0 Å². The van der Waals surface area contributed by atoms with E-state index < -0.39 is 0 Å². The van der Waals surface area contributed by atoms with Crippen molar-refractivity contribution in [3.05, 3.63) is 230 Å². The highest BCUT2D eigenvalue weighted by Gasteiger charge is 2.46. The fourth-order valence-corrected chi connectivity index (χ4v) is 13.6. The van der Waals surface area contributed by atoms with E-state index in [0.717, 1.165) is 78.0 Å². The summed E-state index contributed by atoms with van der Waals surface area (Å²) < 4.78 is 0. The topological polar surface area (TPSA) is 45.2 Å². The minimum Gasteiger partial charge on any atom is -0.311 e. The van der Waals surface area contributed by atoms with Gasteiger partial charge in [-0.1, -0.05) is 197 Å². The van der Waals surface area contributed by atoms with Crippen LogP contribution in [0.15, 0.2) is 218 Å². The lowest BCUT2D eigenvalue weighted by Gasteiger charge is -2.45. The van der Waals surface area contributed by atoms with Crippen LogP contribution in [0.4, 0.5) is 34.1 Å². The molecule has 0 atom stereocenters. The zero-order valence-corrected chi connectivity index (χ0v) is 44.3. The normalized spacial score (nSPS) is 12.9. The number of aryl methyl sites for hydroxylation is 2. The number of hydrogen-bond donors (Lipinski definition) is 0. The Balaban J connectivity index is 1.07. The Hall–Kier alpha value is -9.39. The maximum atomic E-state index is 5.46. The molecular formula is C73H54BN5. The SMILES string of the molecule is CCCCc1ccc(N2c3cc(-c4nc(-c5ccccc5)nc(-c5ccccc5)n4)cc4c3B(c3c2cc2ccc5cccc6ccc3c2c56)c2c(cc3ccc5cccc6ccc2c3c56)N4c2ccc(CCCC)cc2)cc1. The molecule has 0 aliphatic carbocycles. The van der Waals surface area contributed by atoms with E-state index >= 15 is 0 Å². The van der Waals surface area contributed by atoms with Gasteiger partial charge in [0, 0.05) is 50.8 Å². The van der Waals surface area contributed by atoms with Gasteiger partial charge in [0.2, 0.25) is 0 Å². The molecule has 6 heteroatoms. The zero-order valence-electron chi connectivity index (χ0n) is 44.3. The summed E-state index contributed by atoms with van der Waals surface area (Å²) in [6.07, 6.45) is 6.70. The average molecular weight is 1010 g/mol. The molecule has 3 heterocycles. The quantitative estimate of drug-likeness (QED) is 0.0954. The number of rotatable bonds is 11. The van der Waals surface area contributed by atoms with E-state index in [0.29, 0.717) is 17.5 Å². The fraction of sp³-hybridized carbons (Fsp3) is 0.110. The third-order valence-electron chi connectivity index (χ3n) is 17.3. The van der Waals surface area contributed by atoms with Crippen LogP contribution in [0.2, 0.25) is 0 Å². The summed E-state index contributed by atoms with van der Waals surface area (Å²) >= 11 is 0. The summed E-state index contributed by atoms with van der Waals surface area (Å²) in [5.74, 6) is 1.89. The molecule has 5 nitrogen and oxygen atoms in total. The zero-order chi connectivity index (χ0) is 52.3. The molecule has 374 valence electrons. The summed E-state index contributed by atoms with van der Waals surface area (Å²) in [5.41, 5.74) is 16.2. The molecule has 0 N–H and O–H groups in total. The smallest absolute Gasteiger partial charge is 0.253 e. The third kappa shape index (κ3) is 7.13. The van der Waals surface area contributed by atoms with Crippen LogP contribution in [-0.2, 0) is 12.8 Å². The number of aromatic nitrogens is 3. The fourth-order valence-electron chi connectivity index (χ4n) is 13.6. The largest absolute Gasteiger partial charge is 0.311 e. The molecule has 2 aliphatic heterocycles. The molecule has 79 heavy (non-hydrogen) atoms. The van der Waals surface area contributed by atoms with Gasteiger partial charge in [0.15, 0.2) is 17.5 Å². The van der Waals surface area contributed by atoms with Crippen molar-refractivity contribution >= 4 is 122 Å². The molecular weight excluding hydrogens is 958 g/mol. The number of hydrogen-bond acceptors (Lipinski definition) is 5. The number of unbranched alkanes of at least 4 members (excludes halogenated alkanes) is 2. The standard InChI is InChI=1S/C73H54BN5/c1-3-5-15-45-25-35-56(36-26-45)78-60-41-53-31-29-47-21-13-23-49-33-39-58(66(53)64(47)49)68(60)74-69-59-40-34-50-24-14-22-48-30-32-54(67(59)65(48)50)42-61(69)79(57-37-27-46(28-38-57)16-6-4-2)63-44-55(43-62(78)70(63)74)73-76-71(51-17-9-7-10-18-51)75-72(77-73)52-19-11-8-12-20-52/h7-14,17-44H,3-6,15-16H2,1-2H3. The van der Waals surface area contributed by atoms with Crippen molar-refractivity contribution in [1.29, 1.82) is 0 Å². The van der Waals surface area contributed by atoms with E-state index in [1.165, 1.54) is 104 Å². The van der Waals surface area contributed by atoms with Crippen molar-refractivity contribution in [3.8, 4) is 34.2 Å². The molecule has 0 spiro atoms. The Bertz CT molecular complexity index is 4370. The van der Waals surface area contributed by atoms with Gasteiger partial charge < -0.3 is 9.80 Å². The molecule has 2 aliphatic rings. The Kier molecular flexibility index (Phi) is 10.5. The van der Waals surface area contributed by atoms with Gasteiger partial charge in [0.1, 0.15) is 0 Å². The molecule has 0 saturated carbocycles. The predicted molar refractivity (Wildman–Crippen MR) is 335 cm³/mol. The van der Waals surface area contributed by atoms with Gasteiger partial charge in [-0.05, 0) is 166 Å². The first-order valence-electron chi connectivity index (χ1n) is 28.3. The highest BCUT2D eigenvalue weighted by atomic mass is 15.2. The number of fused-ring (bicyclic) bond motifs is 6. The maximum absolute atomic E-state index is 5.46. The van der Waals surface area contributed by atoms with Crippen molar-refractivity contribution in [2.75, 3.05) is 9.80 Å². The maximum Gasteiger partial charge on any atom is 0.253 e. The molecule has 14 aromatic rings. The van der Waals surface area contributed by atoms with E-state index in [1.807, 2.05) is 12.1 Å². The predicted octanol–water partition coefficient (Wildman–Crippen LogP) is 17.4. The minimum absolute atomic E-state index is 0.170. The van der Waals surface area contributed by atoms with Crippen molar-refractivity contribution in [3.63, 3.8) is 0 Å². The second kappa shape index (κ2) is 18.1. The summed E-state index contributed by atoms with van der Waals surface area (Å²) in [6.45, 7) is 4.38. The molecule has 0 saturated heterocycles. The summed E-state index contributed by atoms with van der Waals surface area (Å²) in [5, 5.41) is 15.4. The van der Waals surface area contributed by atoms with E-state index in [2.05, 4.69) is 230 Å². The molecule has 0 amide bonds. The van der Waals surface area contributed by atoms with Gasteiger partial charge in [-0.15, -0.1) is 0 Å². The Morgan fingerprint density at radius 1 is 0.329 bits per heavy atom. The Labute approximate surface area is 460 Å². The first kappa shape index (κ1) is 45.8. The average Bonchev–Trinajstić information content (AvgIpc) is 3.70. The lowest BCUT2D eigenvalue weighted by molar-refractivity contribution is 0.795. The molecule has 16 rings (SSSR count). The van der Waals surface area contributed by atoms with Crippen LogP contribution in [0.5, 0.6) is 0 Å². The molecule has 0 fully saturated rings. The van der Waals surface area contributed by atoms with Gasteiger partial charge in [-0.2, -0.15) is 0 Å². The van der Waals surface area contributed by atoms with Crippen LogP contribution in [-0.4, -0.2) is 21.7 Å². The second-order valence-electron chi connectivity index (χ2n) is 21.9. The summed E-state index contributed by atoms with van der Waals surface area (Å²) in [4.78, 5) is 21.3. The molecule has 0 radical (unpaired) electrons. The van der Waals surface area contributed by atoms with Crippen molar-refractivity contribution in [2.45, 2.75) is 52.4 Å². The number of anilines is 6. The van der Waals surface area contributed by atoms with Gasteiger partial charge in [0.05, 0.1) is 0 Å². The first-order chi connectivity index (χ1) is 39.1. The molecule has 13 aromatic carbocycles. The van der Waals surface area contributed by atoms with E-state index in [9.17, 15) is 0 Å². The van der Waals surface area contributed by atoms with Crippen LogP contribution >= 0.6 is 0 Å². The van der Waals surface area contributed by atoms with Crippen molar-refractivity contribution < 1.29 is 0 Å². The molecule has 0 bridgehead atoms. The Morgan fingerprint density at radius 3 is 1.13 bits per heavy atom. The van der Waals surface area contributed by atoms with Gasteiger partial charge >= 0.3 is 0 Å². The van der Waals surface area contributed by atoms with E-state index in [4.69, 9.17) is 15.0 Å². The van der Waals surface area contributed by atoms with Gasteiger partial charge in [-0.3, -0.25) is 0 Å². The lowest BCUT2D eigenvalue weighted by atomic mass is 9.32. The van der Waals surface area contributed by atoms with Crippen LogP contribution in [0.1, 0.15) is 50.7 Å². The van der Waals surface area contributed by atoms with Crippen LogP contribution in [0.3, 0.4) is 0 Å². The van der Waals surface area contributed by atoms with Crippen LogP contribution in [0.25, 0.3) is 98.8 Å². The molecule has 1 aromatic heterocycles. The highest BCUT2D eigenvalue weighted by molar-refractivity contribution is 7.03. The van der Waals surface area contributed by atoms with Crippen molar-refractivity contribution in [2.24, 2.45) is 0 Å².